The molecule has 2 rings (SSSR count). The lowest BCUT2D eigenvalue weighted by Gasteiger charge is -2.05. The van der Waals surface area contributed by atoms with Crippen molar-refractivity contribution in [2.45, 2.75) is 0 Å². The Bertz CT molecular complexity index is 593. The summed E-state index contributed by atoms with van der Waals surface area (Å²) < 4.78 is 13.4. The van der Waals surface area contributed by atoms with Crippen LogP contribution in [0.4, 0.5) is 10.1 Å². The summed E-state index contributed by atoms with van der Waals surface area (Å²) in [5.41, 5.74) is 0.0858. The number of hydrogen-bond donors (Lipinski definition) is 3. The van der Waals surface area contributed by atoms with Gasteiger partial charge >= 0.3 is 5.97 Å². The molecule has 3 N–H and O–H groups in total. The van der Waals surface area contributed by atoms with Crippen molar-refractivity contribution in [3.05, 3.63) is 53.6 Å². The summed E-state index contributed by atoms with van der Waals surface area (Å²) in [4.78, 5) is 24.9. The van der Waals surface area contributed by atoms with Gasteiger partial charge in [-0.2, -0.15) is 0 Å². The quantitative estimate of drug-likeness (QED) is 0.777. The van der Waals surface area contributed by atoms with E-state index in [0.717, 1.165) is 12.1 Å². The lowest BCUT2D eigenvalue weighted by atomic mass is 10.2. The Balaban J connectivity index is 2.18. The van der Waals surface area contributed by atoms with Gasteiger partial charge in [-0.1, -0.05) is 0 Å². The Morgan fingerprint density at radius 3 is 2.61 bits per heavy atom. The van der Waals surface area contributed by atoms with Crippen LogP contribution in [0.5, 0.6) is 0 Å². The van der Waals surface area contributed by atoms with E-state index in [1.54, 1.807) is 18.3 Å². The molecule has 0 aliphatic heterocycles. The van der Waals surface area contributed by atoms with Gasteiger partial charge in [-0.3, -0.25) is 4.79 Å². The number of carbonyl (C=O) groups excluding carboxylic acids is 1. The highest BCUT2D eigenvalue weighted by Crippen LogP contribution is 2.15. The van der Waals surface area contributed by atoms with Crippen molar-refractivity contribution in [3.8, 4) is 0 Å². The zero-order valence-corrected chi connectivity index (χ0v) is 9.11. The minimum atomic E-state index is -1.35. The topological polar surface area (TPSA) is 82.2 Å². The SMILES string of the molecule is O=C(Nc1ccc(C(=O)O)c(F)c1)c1ccc[nH]1. The second-order valence-corrected chi connectivity index (χ2v) is 3.54. The summed E-state index contributed by atoms with van der Waals surface area (Å²) in [7, 11) is 0. The molecule has 2 aromatic rings. The number of H-pyrrole nitrogens is 1. The molecular formula is C12H9FN2O3. The first-order valence-corrected chi connectivity index (χ1v) is 5.05. The summed E-state index contributed by atoms with van der Waals surface area (Å²) in [5.74, 6) is -2.68. The highest BCUT2D eigenvalue weighted by molar-refractivity contribution is 6.03. The minimum Gasteiger partial charge on any atom is -0.478 e. The van der Waals surface area contributed by atoms with E-state index in [2.05, 4.69) is 10.3 Å². The number of nitrogens with one attached hydrogen (secondary N) is 2. The number of amides is 1. The summed E-state index contributed by atoms with van der Waals surface area (Å²) in [6.45, 7) is 0. The van der Waals surface area contributed by atoms with Crippen LogP contribution in [0, 0.1) is 5.82 Å². The number of rotatable bonds is 3. The van der Waals surface area contributed by atoms with Gasteiger partial charge in [0.15, 0.2) is 0 Å². The lowest BCUT2D eigenvalue weighted by molar-refractivity contribution is 0.0692. The molecule has 0 atom stereocenters. The number of anilines is 1. The van der Waals surface area contributed by atoms with Crippen LogP contribution in [0.3, 0.4) is 0 Å². The first-order chi connectivity index (χ1) is 8.58. The fourth-order valence-electron chi connectivity index (χ4n) is 1.44. The fourth-order valence-corrected chi connectivity index (χ4v) is 1.44. The lowest BCUT2D eigenvalue weighted by Crippen LogP contribution is -2.12. The third kappa shape index (κ3) is 2.37. The molecule has 18 heavy (non-hydrogen) atoms. The molecule has 0 saturated carbocycles. The molecular weight excluding hydrogens is 239 g/mol. The van der Waals surface area contributed by atoms with Gasteiger partial charge in [-0.15, -0.1) is 0 Å². The first kappa shape index (κ1) is 11.8. The average Bonchev–Trinajstić information content (AvgIpc) is 2.81. The van der Waals surface area contributed by atoms with Crippen molar-refractivity contribution in [1.29, 1.82) is 0 Å². The zero-order chi connectivity index (χ0) is 13.1. The molecule has 0 unspecified atom stereocenters. The average molecular weight is 248 g/mol. The highest BCUT2D eigenvalue weighted by Gasteiger charge is 2.12. The number of aromatic carboxylic acids is 1. The van der Waals surface area contributed by atoms with Crippen LogP contribution in [0.2, 0.25) is 0 Å². The molecule has 5 nitrogen and oxygen atoms in total. The van der Waals surface area contributed by atoms with Crippen molar-refractivity contribution in [2.75, 3.05) is 5.32 Å². The normalized spacial score (nSPS) is 10.1. The van der Waals surface area contributed by atoms with Crippen LogP contribution >= 0.6 is 0 Å². The molecule has 6 heteroatoms. The van der Waals surface area contributed by atoms with Gasteiger partial charge in [0, 0.05) is 11.9 Å². The monoisotopic (exact) mass is 248 g/mol. The largest absolute Gasteiger partial charge is 0.478 e. The zero-order valence-electron chi connectivity index (χ0n) is 9.11. The Morgan fingerprint density at radius 2 is 2.06 bits per heavy atom. The Kier molecular flexibility index (Phi) is 3.09. The molecule has 0 radical (unpaired) electrons. The summed E-state index contributed by atoms with van der Waals surface area (Å²) in [5, 5.41) is 11.1. The van der Waals surface area contributed by atoms with Gasteiger partial charge in [0.05, 0.1) is 5.56 Å². The van der Waals surface area contributed by atoms with Crippen LogP contribution in [-0.2, 0) is 0 Å². The summed E-state index contributed by atoms with van der Waals surface area (Å²) >= 11 is 0. The number of benzene rings is 1. The number of hydrogen-bond acceptors (Lipinski definition) is 2. The second-order valence-electron chi connectivity index (χ2n) is 3.54. The second kappa shape index (κ2) is 4.70. The molecule has 0 aliphatic rings. The van der Waals surface area contributed by atoms with E-state index >= 15 is 0 Å². The van der Waals surface area contributed by atoms with Gasteiger partial charge in [0.1, 0.15) is 11.5 Å². The smallest absolute Gasteiger partial charge is 0.338 e. The van der Waals surface area contributed by atoms with Crippen LogP contribution < -0.4 is 5.32 Å². The van der Waals surface area contributed by atoms with Crippen molar-refractivity contribution in [1.82, 2.24) is 4.98 Å². The van der Waals surface area contributed by atoms with Gasteiger partial charge in [0.2, 0.25) is 0 Å². The van der Waals surface area contributed by atoms with E-state index in [9.17, 15) is 14.0 Å². The molecule has 0 saturated heterocycles. The maximum absolute atomic E-state index is 13.4. The predicted molar refractivity (Wildman–Crippen MR) is 62.1 cm³/mol. The molecule has 0 bridgehead atoms. The van der Waals surface area contributed by atoms with E-state index in [-0.39, 0.29) is 5.69 Å². The Hall–Kier alpha value is -2.63. The minimum absolute atomic E-state index is 0.192. The Labute approximate surface area is 101 Å². The standard InChI is InChI=1S/C12H9FN2O3/c13-9-6-7(3-4-8(9)12(17)18)15-11(16)10-2-1-5-14-10/h1-6,14H,(H,15,16)(H,17,18). The maximum Gasteiger partial charge on any atom is 0.338 e. The number of carboxylic acid groups (broad SMARTS) is 1. The van der Waals surface area contributed by atoms with Crippen molar-refractivity contribution < 1.29 is 19.1 Å². The number of carbonyl (C=O) groups is 2. The van der Waals surface area contributed by atoms with Crippen molar-refractivity contribution in [2.24, 2.45) is 0 Å². The van der Waals surface area contributed by atoms with E-state index in [4.69, 9.17) is 5.11 Å². The van der Waals surface area contributed by atoms with E-state index in [1.807, 2.05) is 0 Å². The van der Waals surface area contributed by atoms with Crippen molar-refractivity contribution in [3.63, 3.8) is 0 Å². The molecule has 1 aromatic carbocycles. The molecule has 0 spiro atoms. The van der Waals surface area contributed by atoms with Gasteiger partial charge in [-0.25, -0.2) is 9.18 Å². The third-order valence-electron chi connectivity index (χ3n) is 2.30. The van der Waals surface area contributed by atoms with Crippen LogP contribution in [0.25, 0.3) is 0 Å². The van der Waals surface area contributed by atoms with Crippen LogP contribution in [0.1, 0.15) is 20.8 Å². The molecule has 1 aromatic heterocycles. The summed E-state index contributed by atoms with van der Waals surface area (Å²) in [6.07, 6.45) is 1.59. The number of aromatic nitrogens is 1. The van der Waals surface area contributed by atoms with Gasteiger partial charge in [0.25, 0.3) is 5.91 Å². The van der Waals surface area contributed by atoms with E-state index in [0.29, 0.717) is 5.69 Å². The van der Waals surface area contributed by atoms with Crippen LogP contribution in [0.15, 0.2) is 36.5 Å². The molecule has 1 amide bonds. The molecule has 1 heterocycles. The predicted octanol–water partition coefficient (Wildman–Crippen LogP) is 2.10. The molecule has 0 fully saturated rings. The van der Waals surface area contributed by atoms with Crippen molar-refractivity contribution >= 4 is 17.6 Å². The fraction of sp³-hybridized carbons (Fsp3) is 0. The van der Waals surface area contributed by atoms with Gasteiger partial charge in [-0.05, 0) is 30.3 Å². The van der Waals surface area contributed by atoms with Crippen LogP contribution in [-0.4, -0.2) is 22.0 Å². The van der Waals surface area contributed by atoms with E-state index < -0.39 is 23.3 Å². The molecule has 0 aliphatic carbocycles. The first-order valence-electron chi connectivity index (χ1n) is 5.05. The third-order valence-corrected chi connectivity index (χ3v) is 2.30. The maximum atomic E-state index is 13.4. The number of halogens is 1. The Morgan fingerprint density at radius 1 is 1.28 bits per heavy atom. The number of carboxylic acids is 1. The van der Waals surface area contributed by atoms with Gasteiger partial charge < -0.3 is 15.4 Å². The van der Waals surface area contributed by atoms with E-state index in [1.165, 1.54) is 6.07 Å². The summed E-state index contributed by atoms with van der Waals surface area (Å²) in [6, 6.07) is 6.61. The highest BCUT2D eigenvalue weighted by atomic mass is 19.1. The number of aromatic amines is 1. The molecule has 92 valence electrons.